The van der Waals surface area contributed by atoms with Gasteiger partial charge in [0.05, 0.1) is 0 Å². The summed E-state index contributed by atoms with van der Waals surface area (Å²) in [5.74, 6) is 0. The fraction of sp³-hybridized carbons (Fsp3) is 0.417. The van der Waals surface area contributed by atoms with Gasteiger partial charge in [0.15, 0.2) is 0 Å². The summed E-state index contributed by atoms with van der Waals surface area (Å²) in [4.78, 5) is 13.8. The first kappa shape index (κ1) is 12.2. The molecule has 4 nitrogen and oxygen atoms in total. The second-order valence-corrected chi connectivity index (χ2v) is 4.46. The molecule has 1 aromatic rings. The van der Waals surface area contributed by atoms with Gasteiger partial charge in [0.1, 0.15) is 0 Å². The van der Waals surface area contributed by atoms with Crippen LogP contribution in [0.1, 0.15) is 6.42 Å². The van der Waals surface area contributed by atoms with E-state index in [-0.39, 0.29) is 6.03 Å². The van der Waals surface area contributed by atoms with E-state index >= 15 is 0 Å². The molecule has 0 spiro atoms. The smallest absolute Gasteiger partial charge is 0.321 e. The Hall–Kier alpha value is -1.26. The average molecular weight is 254 g/mol. The molecular weight excluding hydrogens is 238 g/mol. The molecule has 1 aliphatic heterocycles. The molecule has 1 heterocycles. The van der Waals surface area contributed by atoms with Crippen molar-refractivity contribution in [3.05, 3.63) is 29.3 Å². The van der Waals surface area contributed by atoms with Crippen LogP contribution in [0.2, 0.25) is 5.02 Å². The van der Waals surface area contributed by atoms with Crippen molar-refractivity contribution < 1.29 is 4.79 Å². The molecule has 2 amide bonds. The fourth-order valence-electron chi connectivity index (χ4n) is 1.78. The van der Waals surface area contributed by atoms with Gasteiger partial charge >= 0.3 is 6.03 Å². The van der Waals surface area contributed by atoms with Gasteiger partial charge in [-0.25, -0.2) is 4.79 Å². The van der Waals surface area contributed by atoms with Gasteiger partial charge in [-0.05, 0) is 37.2 Å². The number of amides is 2. The Labute approximate surface area is 106 Å². The maximum absolute atomic E-state index is 12.0. The highest BCUT2D eigenvalue weighted by Crippen LogP contribution is 2.14. The van der Waals surface area contributed by atoms with Crippen molar-refractivity contribution in [2.24, 2.45) is 0 Å². The molecule has 0 aromatic heterocycles. The normalized spacial score (nSPS) is 16.4. The zero-order chi connectivity index (χ0) is 12.1. The Morgan fingerprint density at radius 2 is 2.00 bits per heavy atom. The molecule has 1 saturated heterocycles. The third-order valence-electron chi connectivity index (χ3n) is 2.72. The van der Waals surface area contributed by atoms with E-state index in [0.29, 0.717) is 5.02 Å². The highest BCUT2D eigenvalue weighted by molar-refractivity contribution is 6.30. The summed E-state index contributed by atoms with van der Waals surface area (Å²) in [6.45, 7) is 3.38. The minimum Gasteiger partial charge on any atom is -0.323 e. The molecule has 0 saturated carbocycles. The highest BCUT2D eigenvalue weighted by Gasteiger charge is 2.14. The van der Waals surface area contributed by atoms with Crippen LogP contribution in [0, 0.1) is 0 Å². The number of benzene rings is 1. The van der Waals surface area contributed by atoms with E-state index in [4.69, 9.17) is 11.6 Å². The van der Waals surface area contributed by atoms with Gasteiger partial charge in [-0.15, -0.1) is 0 Å². The van der Waals surface area contributed by atoms with E-state index in [1.165, 1.54) is 0 Å². The van der Waals surface area contributed by atoms with Crippen LogP contribution in [-0.2, 0) is 0 Å². The lowest BCUT2D eigenvalue weighted by atomic mass is 10.3. The molecule has 2 rings (SSSR count). The average Bonchev–Trinajstić information content (AvgIpc) is 2.61. The lowest BCUT2D eigenvalue weighted by Crippen LogP contribution is -2.37. The molecule has 0 radical (unpaired) electrons. The minimum absolute atomic E-state index is 0.0453. The lowest BCUT2D eigenvalue weighted by molar-refractivity contribution is 0.215. The predicted octanol–water partition coefficient (Wildman–Crippen LogP) is 2.17. The molecule has 0 bridgehead atoms. The zero-order valence-electron chi connectivity index (χ0n) is 9.58. The van der Waals surface area contributed by atoms with Crippen LogP contribution in [0.25, 0.3) is 0 Å². The van der Waals surface area contributed by atoms with E-state index in [1.807, 2.05) is 4.90 Å². The number of hydrogen-bond donors (Lipinski definition) is 2. The Morgan fingerprint density at radius 3 is 2.76 bits per heavy atom. The van der Waals surface area contributed by atoms with E-state index in [2.05, 4.69) is 10.6 Å². The summed E-state index contributed by atoms with van der Waals surface area (Å²) in [5.41, 5.74) is 0.775. The molecule has 1 aromatic carbocycles. The molecule has 17 heavy (non-hydrogen) atoms. The number of hydrogen-bond acceptors (Lipinski definition) is 2. The van der Waals surface area contributed by atoms with Crippen molar-refractivity contribution >= 4 is 23.3 Å². The van der Waals surface area contributed by atoms with Crippen molar-refractivity contribution in [1.82, 2.24) is 10.2 Å². The summed E-state index contributed by atoms with van der Waals surface area (Å²) in [7, 11) is 0. The van der Waals surface area contributed by atoms with E-state index in [0.717, 1.165) is 38.3 Å². The highest BCUT2D eigenvalue weighted by atomic mass is 35.5. The van der Waals surface area contributed by atoms with Crippen molar-refractivity contribution in [3.8, 4) is 0 Å². The summed E-state index contributed by atoms with van der Waals surface area (Å²) in [6, 6.07) is 7.09. The Kier molecular flexibility index (Phi) is 4.23. The maximum Gasteiger partial charge on any atom is 0.321 e. The number of anilines is 1. The topological polar surface area (TPSA) is 44.4 Å². The summed E-state index contributed by atoms with van der Waals surface area (Å²) >= 11 is 5.79. The minimum atomic E-state index is -0.0453. The van der Waals surface area contributed by atoms with Crippen LogP contribution in [0.15, 0.2) is 24.3 Å². The van der Waals surface area contributed by atoms with Crippen molar-refractivity contribution in [2.75, 3.05) is 31.5 Å². The van der Waals surface area contributed by atoms with Crippen LogP contribution >= 0.6 is 11.6 Å². The van der Waals surface area contributed by atoms with Crippen LogP contribution in [0.5, 0.6) is 0 Å². The van der Waals surface area contributed by atoms with Gasteiger partial charge in [0, 0.05) is 30.3 Å². The van der Waals surface area contributed by atoms with Crippen molar-refractivity contribution in [2.45, 2.75) is 6.42 Å². The third kappa shape index (κ3) is 3.61. The number of urea groups is 1. The first-order valence-corrected chi connectivity index (χ1v) is 6.16. The van der Waals surface area contributed by atoms with Gasteiger partial charge in [-0.3, -0.25) is 0 Å². The summed E-state index contributed by atoms with van der Waals surface area (Å²) in [6.07, 6.45) is 0.994. The van der Waals surface area contributed by atoms with Gasteiger partial charge in [-0.2, -0.15) is 0 Å². The second-order valence-electron chi connectivity index (χ2n) is 4.03. The Morgan fingerprint density at radius 1 is 1.24 bits per heavy atom. The lowest BCUT2D eigenvalue weighted by Gasteiger charge is -2.20. The predicted molar refractivity (Wildman–Crippen MR) is 69.5 cm³/mol. The number of carbonyl (C=O) groups is 1. The molecule has 0 unspecified atom stereocenters. The number of halogens is 1. The van der Waals surface area contributed by atoms with E-state index in [9.17, 15) is 4.79 Å². The van der Waals surface area contributed by atoms with Gasteiger partial charge in [-0.1, -0.05) is 11.6 Å². The Balaban J connectivity index is 1.93. The standard InChI is InChI=1S/C12H16ClN3O/c13-10-2-4-11(5-3-10)15-12(17)16-8-1-6-14-7-9-16/h2-5,14H,1,6-9H2,(H,15,17). The second kappa shape index (κ2) is 5.89. The number of carbonyl (C=O) groups excluding carboxylic acids is 1. The molecule has 1 aliphatic rings. The zero-order valence-corrected chi connectivity index (χ0v) is 10.3. The maximum atomic E-state index is 12.0. The van der Waals surface area contributed by atoms with Crippen LogP contribution in [0.3, 0.4) is 0 Å². The Bertz CT molecular complexity index is 372. The monoisotopic (exact) mass is 253 g/mol. The van der Waals surface area contributed by atoms with Crippen molar-refractivity contribution in [3.63, 3.8) is 0 Å². The SMILES string of the molecule is O=C(Nc1ccc(Cl)cc1)N1CCCNCC1. The van der Waals surface area contributed by atoms with E-state index in [1.54, 1.807) is 24.3 Å². The van der Waals surface area contributed by atoms with Gasteiger partial charge in [0.2, 0.25) is 0 Å². The summed E-state index contributed by atoms with van der Waals surface area (Å²) in [5, 5.41) is 6.80. The third-order valence-corrected chi connectivity index (χ3v) is 2.97. The molecule has 5 heteroatoms. The van der Waals surface area contributed by atoms with Crippen LogP contribution in [-0.4, -0.2) is 37.1 Å². The van der Waals surface area contributed by atoms with Crippen LogP contribution < -0.4 is 10.6 Å². The first-order valence-electron chi connectivity index (χ1n) is 5.78. The molecule has 2 N–H and O–H groups in total. The number of nitrogens with one attached hydrogen (secondary N) is 2. The van der Waals surface area contributed by atoms with E-state index < -0.39 is 0 Å². The fourth-order valence-corrected chi connectivity index (χ4v) is 1.91. The largest absolute Gasteiger partial charge is 0.323 e. The number of rotatable bonds is 1. The quantitative estimate of drug-likeness (QED) is 0.806. The van der Waals surface area contributed by atoms with Gasteiger partial charge < -0.3 is 15.5 Å². The molecular formula is C12H16ClN3O. The summed E-state index contributed by atoms with van der Waals surface area (Å²) < 4.78 is 0. The molecule has 92 valence electrons. The first-order chi connectivity index (χ1) is 8.25. The van der Waals surface area contributed by atoms with Gasteiger partial charge in [0.25, 0.3) is 0 Å². The molecule has 1 fully saturated rings. The van der Waals surface area contributed by atoms with Crippen molar-refractivity contribution in [1.29, 1.82) is 0 Å². The molecule has 0 atom stereocenters. The number of nitrogens with zero attached hydrogens (tertiary/aromatic N) is 1. The molecule has 0 aliphatic carbocycles. The van der Waals surface area contributed by atoms with Crippen LogP contribution in [0.4, 0.5) is 10.5 Å².